The molecular weight excluding hydrogens is 522 g/mol. The summed E-state index contributed by atoms with van der Waals surface area (Å²) in [7, 11) is 0. The molecule has 3 saturated heterocycles. The molecule has 5 rings (SSSR count). The molecule has 3 amide bonds. The lowest BCUT2D eigenvalue weighted by Gasteiger charge is -2.40. The molecule has 3 unspecified atom stereocenters. The normalized spacial score (nSPS) is 30.3. The average Bonchev–Trinajstić information content (AvgIpc) is 3.50. The van der Waals surface area contributed by atoms with Crippen molar-refractivity contribution in [2.45, 2.75) is 55.7 Å². The Bertz CT molecular complexity index is 1220. The molecule has 3 heterocycles. The summed E-state index contributed by atoms with van der Waals surface area (Å²) in [5.41, 5.74) is 2.06. The second kappa shape index (κ2) is 10.5. The molecule has 202 valence electrons. The van der Waals surface area contributed by atoms with Crippen molar-refractivity contribution in [1.29, 1.82) is 0 Å². The van der Waals surface area contributed by atoms with Crippen molar-refractivity contribution < 1.29 is 19.5 Å². The number of hydrogen-bond donors (Lipinski definition) is 3. The van der Waals surface area contributed by atoms with E-state index in [0.29, 0.717) is 17.3 Å². The van der Waals surface area contributed by atoms with E-state index in [2.05, 4.69) is 17.6 Å². The number of aliphatic hydroxyl groups is 1. The minimum atomic E-state index is -0.887. The van der Waals surface area contributed by atoms with Gasteiger partial charge in [0.05, 0.1) is 39.9 Å². The van der Waals surface area contributed by atoms with Crippen molar-refractivity contribution >= 4 is 46.8 Å². The molecule has 2 aromatic carbocycles. The number of para-hydroxylation sites is 1. The van der Waals surface area contributed by atoms with E-state index in [4.69, 9.17) is 11.6 Å². The van der Waals surface area contributed by atoms with Crippen LogP contribution in [0.1, 0.15) is 43.9 Å². The van der Waals surface area contributed by atoms with Crippen molar-refractivity contribution in [2.24, 2.45) is 17.8 Å². The number of thioether (sulfide) groups is 1. The molecular formula is C29H34ClN3O4S. The van der Waals surface area contributed by atoms with Crippen LogP contribution in [0.4, 0.5) is 5.69 Å². The van der Waals surface area contributed by atoms with Crippen LogP contribution in [-0.4, -0.2) is 56.9 Å². The Morgan fingerprint density at radius 3 is 2.58 bits per heavy atom. The maximum Gasteiger partial charge on any atom is 0.248 e. The molecule has 7 atom stereocenters. The number of amides is 3. The van der Waals surface area contributed by atoms with Crippen LogP contribution in [-0.2, 0) is 14.4 Å². The van der Waals surface area contributed by atoms with Gasteiger partial charge in [-0.3, -0.25) is 14.4 Å². The number of carbonyl (C=O) groups excluding carboxylic acids is 3. The SMILES string of the molecule is CCCNC(=O)[C@@H]1[C@@H]2CC(C)C3(S2)C(C(=O)Nc2c(C)cccc2Cl)N([C@H](CO)c2ccccc2)C(=O)[C@H]13. The van der Waals surface area contributed by atoms with Crippen LogP contribution in [0.2, 0.25) is 5.02 Å². The number of likely N-dealkylation sites (tertiary alicyclic amines) is 1. The summed E-state index contributed by atoms with van der Waals surface area (Å²) in [6.07, 6.45) is 1.54. The number of hydrogen-bond acceptors (Lipinski definition) is 5. The number of carbonyl (C=O) groups is 3. The summed E-state index contributed by atoms with van der Waals surface area (Å²) in [6.45, 7) is 6.13. The summed E-state index contributed by atoms with van der Waals surface area (Å²) in [5, 5.41) is 17.0. The van der Waals surface area contributed by atoms with Gasteiger partial charge in [0.1, 0.15) is 6.04 Å². The molecule has 3 N–H and O–H groups in total. The number of nitrogens with one attached hydrogen (secondary N) is 2. The third kappa shape index (κ3) is 4.12. The predicted octanol–water partition coefficient (Wildman–Crippen LogP) is 4.18. The van der Waals surface area contributed by atoms with Gasteiger partial charge in [0, 0.05) is 11.8 Å². The number of halogens is 1. The second-order valence-corrected chi connectivity index (χ2v) is 12.6. The Morgan fingerprint density at radius 1 is 1.18 bits per heavy atom. The Balaban J connectivity index is 1.62. The maximum absolute atomic E-state index is 14.4. The van der Waals surface area contributed by atoms with Crippen molar-refractivity contribution in [1.82, 2.24) is 10.2 Å². The molecule has 3 aliphatic rings. The summed E-state index contributed by atoms with van der Waals surface area (Å²) >= 11 is 8.08. The lowest BCUT2D eigenvalue weighted by molar-refractivity contribution is -0.142. The zero-order valence-corrected chi connectivity index (χ0v) is 23.4. The van der Waals surface area contributed by atoms with Gasteiger partial charge in [-0.25, -0.2) is 0 Å². The minimum absolute atomic E-state index is 0.0184. The molecule has 2 aromatic rings. The van der Waals surface area contributed by atoms with Gasteiger partial charge in [-0.1, -0.05) is 67.9 Å². The Morgan fingerprint density at radius 2 is 1.92 bits per heavy atom. The number of fused-ring (bicyclic) bond motifs is 1. The standard InChI is InChI=1S/C29H34ClN3O4S/c1-4-13-31-26(35)22-21-14-17(3)29(38-21)23(22)28(37)33(20(15-34)18-10-6-5-7-11-18)25(29)27(36)32-24-16(2)9-8-12-19(24)30/h5-12,17,20-23,25,34H,4,13-15H2,1-3H3,(H,31,35)(H,32,36)/t17?,20-,21+,22-,23+,25?,29?/m1/s1. The van der Waals surface area contributed by atoms with E-state index in [0.717, 1.165) is 24.0 Å². The fourth-order valence-corrected chi connectivity index (χ4v) is 9.45. The average molecular weight is 556 g/mol. The first-order valence-corrected chi connectivity index (χ1v) is 14.5. The molecule has 38 heavy (non-hydrogen) atoms. The highest BCUT2D eigenvalue weighted by atomic mass is 35.5. The van der Waals surface area contributed by atoms with Crippen molar-refractivity contribution in [3.8, 4) is 0 Å². The van der Waals surface area contributed by atoms with Gasteiger partial charge >= 0.3 is 0 Å². The number of aliphatic hydroxyl groups excluding tert-OH is 1. The monoisotopic (exact) mass is 555 g/mol. The molecule has 0 saturated carbocycles. The highest BCUT2D eigenvalue weighted by molar-refractivity contribution is 8.02. The topological polar surface area (TPSA) is 98.7 Å². The van der Waals surface area contributed by atoms with E-state index in [1.807, 2.05) is 56.3 Å². The van der Waals surface area contributed by atoms with Crippen LogP contribution < -0.4 is 10.6 Å². The van der Waals surface area contributed by atoms with Crippen LogP contribution in [0.5, 0.6) is 0 Å². The van der Waals surface area contributed by atoms with E-state index in [1.54, 1.807) is 22.7 Å². The lowest BCUT2D eigenvalue weighted by atomic mass is 9.66. The van der Waals surface area contributed by atoms with E-state index >= 15 is 0 Å². The molecule has 3 fully saturated rings. The zero-order valence-electron chi connectivity index (χ0n) is 21.8. The van der Waals surface area contributed by atoms with Gasteiger partial charge in [0.15, 0.2) is 0 Å². The van der Waals surface area contributed by atoms with E-state index in [1.165, 1.54) is 0 Å². The number of aryl methyl sites for hydroxylation is 1. The van der Waals surface area contributed by atoms with Gasteiger partial charge in [0.2, 0.25) is 17.7 Å². The number of benzene rings is 2. The van der Waals surface area contributed by atoms with Crippen molar-refractivity contribution in [3.63, 3.8) is 0 Å². The quantitative estimate of drug-likeness (QED) is 0.454. The molecule has 3 aliphatic heterocycles. The maximum atomic E-state index is 14.4. The zero-order chi connectivity index (χ0) is 27.2. The van der Waals surface area contributed by atoms with Crippen LogP contribution in [0, 0.1) is 24.7 Å². The first-order chi connectivity index (χ1) is 18.3. The summed E-state index contributed by atoms with van der Waals surface area (Å²) in [4.78, 5) is 43.6. The Hall–Kier alpha value is -2.55. The summed E-state index contributed by atoms with van der Waals surface area (Å²) in [6, 6.07) is 13.1. The van der Waals surface area contributed by atoms with E-state index in [-0.39, 0.29) is 35.5 Å². The molecule has 1 spiro atoms. The lowest BCUT2D eigenvalue weighted by Crippen LogP contribution is -2.55. The van der Waals surface area contributed by atoms with Crippen LogP contribution in [0.15, 0.2) is 48.5 Å². The van der Waals surface area contributed by atoms with Gasteiger partial charge < -0.3 is 20.6 Å². The highest BCUT2D eigenvalue weighted by Gasteiger charge is 2.76. The summed E-state index contributed by atoms with van der Waals surface area (Å²) in [5.74, 6) is -1.88. The number of rotatable bonds is 8. The van der Waals surface area contributed by atoms with Crippen molar-refractivity contribution in [3.05, 3.63) is 64.7 Å². The van der Waals surface area contributed by atoms with Crippen LogP contribution in [0.25, 0.3) is 0 Å². The largest absolute Gasteiger partial charge is 0.394 e. The number of nitrogens with zero attached hydrogens (tertiary/aromatic N) is 1. The molecule has 0 radical (unpaired) electrons. The van der Waals surface area contributed by atoms with Crippen LogP contribution >= 0.6 is 23.4 Å². The smallest absolute Gasteiger partial charge is 0.248 e. The molecule has 2 bridgehead atoms. The molecule has 0 aliphatic carbocycles. The molecule has 7 nitrogen and oxygen atoms in total. The first kappa shape index (κ1) is 27.0. The fraction of sp³-hybridized carbons (Fsp3) is 0.483. The van der Waals surface area contributed by atoms with Crippen LogP contribution in [0.3, 0.4) is 0 Å². The fourth-order valence-electron chi connectivity index (χ4n) is 6.77. The third-order valence-electron chi connectivity index (χ3n) is 8.45. The van der Waals surface area contributed by atoms with E-state index in [9.17, 15) is 19.5 Å². The number of anilines is 1. The molecule has 9 heteroatoms. The van der Waals surface area contributed by atoms with Gasteiger partial charge in [-0.15, -0.1) is 11.8 Å². The Kier molecular flexibility index (Phi) is 7.50. The highest BCUT2D eigenvalue weighted by Crippen LogP contribution is 2.69. The first-order valence-electron chi connectivity index (χ1n) is 13.3. The van der Waals surface area contributed by atoms with Gasteiger partial charge in [0.25, 0.3) is 0 Å². The predicted molar refractivity (Wildman–Crippen MR) is 150 cm³/mol. The molecule has 0 aromatic heterocycles. The minimum Gasteiger partial charge on any atom is -0.394 e. The van der Waals surface area contributed by atoms with Gasteiger partial charge in [-0.2, -0.15) is 0 Å². The summed E-state index contributed by atoms with van der Waals surface area (Å²) < 4.78 is -0.794. The second-order valence-electron chi connectivity index (χ2n) is 10.6. The third-order valence-corrected chi connectivity index (χ3v) is 10.8. The van der Waals surface area contributed by atoms with E-state index < -0.39 is 28.7 Å². The Labute approximate surface area is 232 Å². The van der Waals surface area contributed by atoms with Gasteiger partial charge in [-0.05, 0) is 42.9 Å². The van der Waals surface area contributed by atoms with Crippen molar-refractivity contribution in [2.75, 3.05) is 18.5 Å².